The number of amides is 1. The number of nitrogens with zero attached hydrogens (tertiary/aromatic N) is 4. The quantitative estimate of drug-likeness (QED) is 0.664. The first-order chi connectivity index (χ1) is 14.2. The van der Waals surface area contributed by atoms with Crippen molar-refractivity contribution in [3.63, 3.8) is 0 Å². The summed E-state index contributed by atoms with van der Waals surface area (Å²) in [5.41, 5.74) is 9.44. The van der Waals surface area contributed by atoms with E-state index in [4.69, 9.17) is 15.6 Å². The maximum absolute atomic E-state index is 13.0. The maximum Gasteiger partial charge on any atom is 0.490 e. The van der Waals surface area contributed by atoms with Gasteiger partial charge in [-0.3, -0.25) is 9.89 Å². The summed E-state index contributed by atoms with van der Waals surface area (Å²) in [4.78, 5) is 32.2. The van der Waals surface area contributed by atoms with Crippen molar-refractivity contribution in [2.75, 3.05) is 12.3 Å². The Morgan fingerprint density at radius 2 is 1.94 bits per heavy atom. The third-order valence-electron chi connectivity index (χ3n) is 4.87. The zero-order valence-electron chi connectivity index (χ0n) is 17.8. The molecule has 3 rings (SSSR count). The summed E-state index contributed by atoms with van der Waals surface area (Å²) < 4.78 is 31.7. The van der Waals surface area contributed by atoms with Crippen LogP contribution >= 0.6 is 0 Å². The van der Waals surface area contributed by atoms with Crippen molar-refractivity contribution in [2.24, 2.45) is 0 Å². The van der Waals surface area contributed by atoms with Gasteiger partial charge in [0, 0.05) is 24.3 Å². The Bertz CT molecular complexity index is 985. The van der Waals surface area contributed by atoms with Crippen LogP contribution in [0.25, 0.3) is 11.4 Å². The molecule has 0 atom stereocenters. The predicted octanol–water partition coefficient (Wildman–Crippen LogP) is 2.79. The van der Waals surface area contributed by atoms with Gasteiger partial charge in [0.2, 0.25) is 5.95 Å². The Morgan fingerprint density at radius 1 is 1.35 bits per heavy atom. The summed E-state index contributed by atoms with van der Waals surface area (Å²) in [6, 6.07) is 0.117. The van der Waals surface area contributed by atoms with Crippen LogP contribution < -0.4 is 5.73 Å². The fraction of sp³-hybridized carbons (Fsp3) is 0.526. The minimum absolute atomic E-state index is 0.0523. The minimum Gasteiger partial charge on any atom is -0.475 e. The van der Waals surface area contributed by atoms with Gasteiger partial charge in [0.15, 0.2) is 5.69 Å². The number of nitrogens with two attached hydrogens (primary N) is 1. The topological polar surface area (TPSA) is 138 Å². The number of halogens is 3. The highest BCUT2D eigenvalue weighted by molar-refractivity contribution is 5.96. The molecule has 0 bridgehead atoms. The van der Waals surface area contributed by atoms with Crippen LogP contribution in [0.2, 0.25) is 0 Å². The Labute approximate surface area is 176 Å². The highest BCUT2D eigenvalue weighted by Crippen LogP contribution is 2.43. The van der Waals surface area contributed by atoms with Gasteiger partial charge in [-0.25, -0.2) is 14.8 Å². The van der Waals surface area contributed by atoms with E-state index in [-0.39, 0.29) is 23.3 Å². The molecule has 0 aliphatic heterocycles. The summed E-state index contributed by atoms with van der Waals surface area (Å²) >= 11 is 0. The van der Waals surface area contributed by atoms with Gasteiger partial charge in [-0.15, -0.1) is 0 Å². The number of rotatable bonds is 3. The number of carboxylic acids is 1. The number of fused-ring (bicyclic) bond motifs is 3. The van der Waals surface area contributed by atoms with Crippen molar-refractivity contribution < 1.29 is 27.9 Å². The normalized spacial score (nSPS) is 14.2. The van der Waals surface area contributed by atoms with Crippen molar-refractivity contribution in [1.82, 2.24) is 25.1 Å². The minimum atomic E-state index is -5.08. The van der Waals surface area contributed by atoms with Gasteiger partial charge in [0.1, 0.15) is 0 Å². The number of carbonyl (C=O) groups is 2. The molecule has 9 nitrogen and oxygen atoms in total. The number of nitrogens with one attached hydrogen (secondary N) is 1. The number of aromatic amines is 1. The fourth-order valence-electron chi connectivity index (χ4n) is 3.54. The lowest BCUT2D eigenvalue weighted by Crippen LogP contribution is -2.38. The van der Waals surface area contributed by atoms with Crippen LogP contribution in [0, 0.1) is 0 Å². The summed E-state index contributed by atoms with van der Waals surface area (Å²) in [6.07, 6.45) is -2.58. The van der Waals surface area contributed by atoms with Crippen LogP contribution in [-0.4, -0.2) is 60.8 Å². The molecule has 1 aliphatic rings. The second-order valence-corrected chi connectivity index (χ2v) is 7.97. The number of alkyl halides is 3. The number of aliphatic carboxylic acids is 1. The molecule has 0 radical (unpaired) electrons. The molecule has 4 N–H and O–H groups in total. The Morgan fingerprint density at radius 3 is 2.42 bits per heavy atom. The first kappa shape index (κ1) is 24.1. The van der Waals surface area contributed by atoms with Crippen LogP contribution in [-0.2, 0) is 16.6 Å². The first-order valence-corrected chi connectivity index (χ1v) is 9.52. The van der Waals surface area contributed by atoms with E-state index in [0.29, 0.717) is 12.2 Å². The van der Waals surface area contributed by atoms with Crippen molar-refractivity contribution in [3.8, 4) is 11.4 Å². The third-order valence-corrected chi connectivity index (χ3v) is 4.87. The smallest absolute Gasteiger partial charge is 0.475 e. The van der Waals surface area contributed by atoms with Gasteiger partial charge in [-0.2, -0.15) is 18.3 Å². The molecule has 0 spiro atoms. The zero-order chi connectivity index (χ0) is 23.7. The first-order valence-electron chi connectivity index (χ1n) is 9.52. The van der Waals surface area contributed by atoms with E-state index in [9.17, 15) is 18.0 Å². The molecular formula is C19H25F3N6O3. The molecule has 2 aromatic rings. The van der Waals surface area contributed by atoms with E-state index < -0.39 is 12.1 Å². The van der Waals surface area contributed by atoms with Crippen LogP contribution in [0.1, 0.15) is 56.2 Å². The standard InChI is InChI=1S/C17H24N6O.C2HF3O2/c1-6-23(9(2)3)15(24)14-11-13(21-22-14)12-10(7-17(11,4)5)8-19-16(18)20-12;3-2(4,5)1(6)7/h8-9H,6-7H2,1-5H3,(H,21,22)(H2,18,19,20);(H,6,7). The van der Waals surface area contributed by atoms with Gasteiger partial charge in [0.25, 0.3) is 5.91 Å². The molecule has 1 aliphatic carbocycles. The van der Waals surface area contributed by atoms with Crippen molar-refractivity contribution in [1.29, 1.82) is 0 Å². The number of H-pyrrole nitrogens is 1. The second kappa shape index (κ2) is 8.52. The number of carbonyl (C=O) groups excluding carboxylic acids is 1. The summed E-state index contributed by atoms with van der Waals surface area (Å²) in [5, 5.41) is 14.5. The van der Waals surface area contributed by atoms with Crippen molar-refractivity contribution in [2.45, 2.75) is 58.7 Å². The lowest BCUT2D eigenvalue weighted by molar-refractivity contribution is -0.192. The molecule has 0 unspecified atom stereocenters. The number of hydrogen-bond acceptors (Lipinski definition) is 6. The number of carboxylic acid groups (broad SMARTS) is 1. The number of hydrogen-bond donors (Lipinski definition) is 3. The molecule has 170 valence electrons. The van der Waals surface area contributed by atoms with E-state index in [1.807, 2.05) is 25.7 Å². The van der Waals surface area contributed by atoms with Gasteiger partial charge in [-0.1, -0.05) is 13.8 Å². The fourth-order valence-corrected chi connectivity index (χ4v) is 3.54. The van der Waals surface area contributed by atoms with Crippen molar-refractivity contribution >= 4 is 17.8 Å². The average Bonchev–Trinajstić information content (AvgIpc) is 3.09. The Kier molecular flexibility index (Phi) is 6.62. The highest BCUT2D eigenvalue weighted by atomic mass is 19.4. The molecule has 31 heavy (non-hydrogen) atoms. The largest absolute Gasteiger partial charge is 0.490 e. The molecule has 0 aromatic carbocycles. The van der Waals surface area contributed by atoms with E-state index in [1.165, 1.54) is 0 Å². The monoisotopic (exact) mass is 442 g/mol. The zero-order valence-corrected chi connectivity index (χ0v) is 17.8. The highest BCUT2D eigenvalue weighted by Gasteiger charge is 2.40. The van der Waals surface area contributed by atoms with Gasteiger partial charge >= 0.3 is 12.1 Å². The Balaban J connectivity index is 0.000000423. The molecule has 0 fully saturated rings. The van der Waals surface area contributed by atoms with Crippen LogP contribution in [0.3, 0.4) is 0 Å². The lowest BCUT2D eigenvalue weighted by atomic mass is 9.73. The Hall–Kier alpha value is -3.18. The van der Waals surface area contributed by atoms with Crippen LogP contribution in [0.5, 0.6) is 0 Å². The summed E-state index contributed by atoms with van der Waals surface area (Å²) in [5.74, 6) is -2.59. The molecule has 0 saturated heterocycles. The van der Waals surface area contributed by atoms with Gasteiger partial charge in [-0.05, 0) is 38.2 Å². The van der Waals surface area contributed by atoms with Crippen LogP contribution in [0.15, 0.2) is 6.20 Å². The predicted molar refractivity (Wildman–Crippen MR) is 106 cm³/mol. The van der Waals surface area contributed by atoms with E-state index in [0.717, 1.165) is 28.9 Å². The molecule has 2 aromatic heterocycles. The SMILES string of the molecule is CCN(C(=O)c1n[nH]c2c1C(C)(C)Cc1cnc(N)nc1-2)C(C)C.O=C(O)C(F)(F)F. The van der Waals surface area contributed by atoms with E-state index >= 15 is 0 Å². The van der Waals surface area contributed by atoms with Crippen molar-refractivity contribution in [3.05, 3.63) is 23.0 Å². The van der Waals surface area contributed by atoms with E-state index in [1.54, 1.807) is 6.20 Å². The summed E-state index contributed by atoms with van der Waals surface area (Å²) in [6.45, 7) is 10.9. The van der Waals surface area contributed by atoms with E-state index in [2.05, 4.69) is 34.0 Å². The molecule has 0 saturated carbocycles. The second-order valence-electron chi connectivity index (χ2n) is 7.97. The van der Waals surface area contributed by atoms with Crippen LogP contribution in [0.4, 0.5) is 19.1 Å². The number of anilines is 1. The van der Waals surface area contributed by atoms with Gasteiger partial charge in [0.05, 0.1) is 11.4 Å². The lowest BCUT2D eigenvalue weighted by Gasteiger charge is -2.32. The molecule has 2 heterocycles. The maximum atomic E-state index is 13.0. The average molecular weight is 442 g/mol. The molecule has 1 amide bonds. The number of nitrogen functional groups attached to an aromatic ring is 1. The molecule has 12 heteroatoms. The van der Waals surface area contributed by atoms with Gasteiger partial charge < -0.3 is 15.7 Å². The summed E-state index contributed by atoms with van der Waals surface area (Å²) in [7, 11) is 0. The number of aromatic nitrogens is 4. The molecular weight excluding hydrogens is 417 g/mol. The third kappa shape index (κ3) is 4.94.